The second-order valence-electron chi connectivity index (χ2n) is 2.93. The first-order chi connectivity index (χ1) is 7.37. The molecule has 0 unspecified atom stereocenters. The van der Waals surface area contributed by atoms with Crippen LogP contribution in [-0.4, -0.2) is 18.8 Å². The van der Waals surface area contributed by atoms with Crippen LogP contribution in [0.4, 0.5) is 23.7 Å². The molecule has 16 heavy (non-hydrogen) atoms. The van der Waals surface area contributed by atoms with Gasteiger partial charge in [0.1, 0.15) is 6.54 Å². The van der Waals surface area contributed by atoms with Crippen molar-refractivity contribution in [1.29, 1.82) is 0 Å². The number of rotatable bonds is 2. The zero-order valence-electron chi connectivity index (χ0n) is 7.94. The molecule has 1 aromatic rings. The lowest BCUT2D eigenvalue weighted by Gasteiger charge is -2.09. The molecule has 88 valence electrons. The highest BCUT2D eigenvalue weighted by atomic mass is 127. The SMILES string of the molecule is O=C(NCC(F)(F)F)Nc1ccc(I)cc1. The van der Waals surface area contributed by atoms with Gasteiger partial charge in [-0.05, 0) is 46.9 Å². The molecule has 0 aliphatic carbocycles. The van der Waals surface area contributed by atoms with Crippen LogP contribution in [0.25, 0.3) is 0 Å². The van der Waals surface area contributed by atoms with E-state index in [1.807, 2.05) is 0 Å². The maximum atomic E-state index is 11.8. The van der Waals surface area contributed by atoms with E-state index in [-0.39, 0.29) is 0 Å². The molecule has 0 fully saturated rings. The molecule has 1 rings (SSSR count). The third-order valence-electron chi connectivity index (χ3n) is 1.55. The number of amides is 2. The molecule has 3 nitrogen and oxygen atoms in total. The average molecular weight is 344 g/mol. The van der Waals surface area contributed by atoms with Gasteiger partial charge in [0, 0.05) is 9.26 Å². The number of halogens is 4. The van der Waals surface area contributed by atoms with Gasteiger partial charge in [0.15, 0.2) is 0 Å². The van der Waals surface area contributed by atoms with Crippen LogP contribution in [0.15, 0.2) is 24.3 Å². The number of alkyl halides is 3. The highest BCUT2D eigenvalue weighted by Crippen LogP contribution is 2.13. The van der Waals surface area contributed by atoms with Crippen LogP contribution in [0.3, 0.4) is 0 Å². The number of urea groups is 1. The summed E-state index contributed by atoms with van der Waals surface area (Å²) in [5.41, 5.74) is 0.445. The number of hydrogen-bond acceptors (Lipinski definition) is 1. The predicted molar refractivity (Wildman–Crippen MR) is 62.2 cm³/mol. The van der Waals surface area contributed by atoms with Crippen molar-refractivity contribution in [2.75, 3.05) is 11.9 Å². The van der Waals surface area contributed by atoms with Gasteiger partial charge in [0.05, 0.1) is 0 Å². The van der Waals surface area contributed by atoms with E-state index in [0.29, 0.717) is 5.69 Å². The van der Waals surface area contributed by atoms with Crippen molar-refractivity contribution in [3.8, 4) is 0 Å². The average Bonchev–Trinajstić information content (AvgIpc) is 2.18. The molecule has 0 aliphatic rings. The van der Waals surface area contributed by atoms with E-state index < -0.39 is 18.8 Å². The van der Waals surface area contributed by atoms with Gasteiger partial charge in [-0.3, -0.25) is 0 Å². The largest absolute Gasteiger partial charge is 0.405 e. The van der Waals surface area contributed by atoms with E-state index >= 15 is 0 Å². The van der Waals surface area contributed by atoms with Crippen LogP contribution in [0, 0.1) is 3.57 Å². The van der Waals surface area contributed by atoms with Crippen molar-refractivity contribution in [3.05, 3.63) is 27.8 Å². The molecule has 0 aliphatic heterocycles. The van der Waals surface area contributed by atoms with E-state index in [4.69, 9.17) is 0 Å². The lowest BCUT2D eigenvalue weighted by Crippen LogP contribution is -2.36. The minimum absolute atomic E-state index is 0.445. The van der Waals surface area contributed by atoms with E-state index in [1.165, 1.54) is 0 Å². The molecule has 0 spiro atoms. The van der Waals surface area contributed by atoms with E-state index in [9.17, 15) is 18.0 Å². The Hall–Kier alpha value is -0.990. The van der Waals surface area contributed by atoms with Crippen LogP contribution in [0.2, 0.25) is 0 Å². The van der Waals surface area contributed by atoms with Crippen molar-refractivity contribution in [1.82, 2.24) is 5.32 Å². The molecule has 0 bridgehead atoms. The summed E-state index contributed by atoms with van der Waals surface area (Å²) in [6.45, 7) is -1.34. The van der Waals surface area contributed by atoms with Gasteiger partial charge < -0.3 is 10.6 Å². The number of anilines is 1. The van der Waals surface area contributed by atoms with Crippen molar-refractivity contribution in [2.24, 2.45) is 0 Å². The number of nitrogens with one attached hydrogen (secondary N) is 2. The number of carbonyl (C=O) groups excluding carboxylic acids is 1. The summed E-state index contributed by atoms with van der Waals surface area (Å²) in [5.74, 6) is 0. The minimum atomic E-state index is -4.40. The maximum Gasteiger partial charge on any atom is 0.405 e. The Bertz CT molecular complexity index is 364. The summed E-state index contributed by atoms with van der Waals surface area (Å²) in [5, 5.41) is 4.00. The van der Waals surface area contributed by atoms with E-state index in [2.05, 4.69) is 27.9 Å². The third kappa shape index (κ3) is 5.19. The summed E-state index contributed by atoms with van der Waals surface area (Å²) in [7, 11) is 0. The molecule has 0 radical (unpaired) electrons. The van der Waals surface area contributed by atoms with Gasteiger partial charge in [-0.25, -0.2) is 4.79 Å². The minimum Gasteiger partial charge on any atom is -0.329 e. The Morgan fingerprint density at radius 3 is 2.31 bits per heavy atom. The smallest absolute Gasteiger partial charge is 0.329 e. The first-order valence-corrected chi connectivity index (χ1v) is 5.32. The zero-order chi connectivity index (χ0) is 12.2. The molecule has 0 aromatic heterocycles. The molecule has 1 aromatic carbocycles. The monoisotopic (exact) mass is 344 g/mol. The zero-order valence-corrected chi connectivity index (χ0v) is 10.1. The molecule has 0 saturated carbocycles. The molecule has 0 saturated heterocycles. The van der Waals surface area contributed by atoms with Gasteiger partial charge in [-0.2, -0.15) is 13.2 Å². The quantitative estimate of drug-likeness (QED) is 0.796. The van der Waals surface area contributed by atoms with Gasteiger partial charge in [0.2, 0.25) is 0 Å². The van der Waals surface area contributed by atoms with Crippen LogP contribution in [0.1, 0.15) is 0 Å². The van der Waals surface area contributed by atoms with E-state index in [0.717, 1.165) is 3.57 Å². The Labute approximate surface area is 104 Å². The lowest BCUT2D eigenvalue weighted by atomic mass is 10.3. The second kappa shape index (κ2) is 5.37. The molecular weight excluding hydrogens is 336 g/mol. The van der Waals surface area contributed by atoms with Crippen molar-refractivity contribution in [3.63, 3.8) is 0 Å². The molecule has 0 heterocycles. The van der Waals surface area contributed by atoms with Crippen LogP contribution in [0.5, 0.6) is 0 Å². The fourth-order valence-electron chi connectivity index (χ4n) is 0.889. The van der Waals surface area contributed by atoms with Gasteiger partial charge in [-0.15, -0.1) is 0 Å². The fraction of sp³-hybridized carbons (Fsp3) is 0.222. The third-order valence-corrected chi connectivity index (χ3v) is 2.27. The second-order valence-corrected chi connectivity index (χ2v) is 4.18. The summed E-state index contributed by atoms with van der Waals surface area (Å²) < 4.78 is 36.3. The summed E-state index contributed by atoms with van der Waals surface area (Å²) in [6, 6.07) is 5.81. The van der Waals surface area contributed by atoms with Gasteiger partial charge >= 0.3 is 12.2 Å². The van der Waals surface area contributed by atoms with Crippen LogP contribution >= 0.6 is 22.6 Å². The standard InChI is InChI=1S/C9H8F3IN2O/c10-9(11,12)5-14-8(16)15-7-3-1-6(13)2-4-7/h1-4H,5H2,(H2,14,15,16). The van der Waals surface area contributed by atoms with Crippen LogP contribution in [-0.2, 0) is 0 Å². The number of carbonyl (C=O) groups is 1. The summed E-state index contributed by atoms with van der Waals surface area (Å²) in [6.07, 6.45) is -4.40. The normalized spacial score (nSPS) is 11.0. The first kappa shape index (κ1) is 13.1. The molecule has 2 N–H and O–H groups in total. The number of benzene rings is 1. The summed E-state index contributed by atoms with van der Waals surface area (Å²) in [4.78, 5) is 11.0. The lowest BCUT2D eigenvalue weighted by molar-refractivity contribution is -0.122. The van der Waals surface area contributed by atoms with Crippen molar-refractivity contribution >= 4 is 34.3 Å². The summed E-state index contributed by atoms with van der Waals surface area (Å²) >= 11 is 2.08. The molecule has 2 amide bonds. The maximum absolute atomic E-state index is 11.8. The Morgan fingerprint density at radius 2 is 1.81 bits per heavy atom. The van der Waals surface area contributed by atoms with E-state index in [1.54, 1.807) is 29.6 Å². The van der Waals surface area contributed by atoms with Crippen LogP contribution < -0.4 is 10.6 Å². The van der Waals surface area contributed by atoms with Crippen molar-refractivity contribution < 1.29 is 18.0 Å². The topological polar surface area (TPSA) is 41.1 Å². The highest BCUT2D eigenvalue weighted by Gasteiger charge is 2.27. The molecule has 7 heteroatoms. The first-order valence-electron chi connectivity index (χ1n) is 4.24. The van der Waals surface area contributed by atoms with Gasteiger partial charge in [0.25, 0.3) is 0 Å². The van der Waals surface area contributed by atoms with Crippen molar-refractivity contribution in [2.45, 2.75) is 6.18 Å². The Balaban J connectivity index is 2.43. The fourth-order valence-corrected chi connectivity index (χ4v) is 1.25. The molecular formula is C9H8F3IN2O. The predicted octanol–water partition coefficient (Wildman–Crippen LogP) is 2.98. The Kier molecular flexibility index (Phi) is 4.39. The highest BCUT2D eigenvalue weighted by molar-refractivity contribution is 14.1. The molecule has 0 atom stereocenters. The number of hydrogen-bond donors (Lipinski definition) is 2. The van der Waals surface area contributed by atoms with Gasteiger partial charge in [-0.1, -0.05) is 0 Å². The Morgan fingerprint density at radius 1 is 1.25 bits per heavy atom.